The molecule has 1 unspecified atom stereocenters. The van der Waals surface area contributed by atoms with Crippen molar-refractivity contribution in [2.45, 2.75) is 51.9 Å². The Morgan fingerprint density at radius 3 is 2.46 bits per heavy atom. The zero-order chi connectivity index (χ0) is 9.68. The molecule has 1 saturated carbocycles. The molecule has 0 aromatic rings. The summed E-state index contributed by atoms with van der Waals surface area (Å²) in [4.78, 5) is 11.1. The molecule has 2 heteroatoms. The third-order valence-electron chi connectivity index (χ3n) is 3.16. The highest BCUT2D eigenvalue weighted by atomic mass is 16.1. The maximum atomic E-state index is 11.1. The van der Waals surface area contributed by atoms with Crippen molar-refractivity contribution in [2.75, 3.05) is 0 Å². The van der Waals surface area contributed by atoms with Crippen LogP contribution in [-0.4, -0.2) is 5.91 Å². The lowest BCUT2D eigenvalue weighted by molar-refractivity contribution is -0.124. The molecule has 0 spiro atoms. The summed E-state index contributed by atoms with van der Waals surface area (Å²) in [5.41, 5.74) is 7.24. The van der Waals surface area contributed by atoms with Crippen molar-refractivity contribution in [1.29, 1.82) is 0 Å². The molecule has 1 fully saturated rings. The van der Waals surface area contributed by atoms with Crippen LogP contribution in [0, 0.1) is 11.8 Å². The SMILES string of the molecule is CCCC(C([NH])=O)C1CCCCC1. The van der Waals surface area contributed by atoms with Gasteiger partial charge in [-0.15, -0.1) is 0 Å². The lowest BCUT2D eigenvalue weighted by Gasteiger charge is -2.27. The summed E-state index contributed by atoms with van der Waals surface area (Å²) in [6, 6.07) is 0. The van der Waals surface area contributed by atoms with Crippen molar-refractivity contribution in [3.63, 3.8) is 0 Å². The highest BCUT2D eigenvalue weighted by Crippen LogP contribution is 2.32. The highest BCUT2D eigenvalue weighted by molar-refractivity contribution is 5.76. The summed E-state index contributed by atoms with van der Waals surface area (Å²) in [5, 5.41) is 0. The van der Waals surface area contributed by atoms with Crippen LogP contribution >= 0.6 is 0 Å². The molecule has 0 aliphatic heterocycles. The molecule has 1 atom stereocenters. The zero-order valence-electron chi connectivity index (χ0n) is 8.51. The first kappa shape index (κ1) is 10.6. The molecule has 1 N–H and O–H groups in total. The van der Waals surface area contributed by atoms with Crippen LogP contribution in [0.1, 0.15) is 51.9 Å². The fraction of sp³-hybridized carbons (Fsp3) is 0.909. The molecule has 0 aromatic heterocycles. The number of hydrogen-bond donors (Lipinski definition) is 0. The van der Waals surface area contributed by atoms with Gasteiger partial charge in [0, 0.05) is 5.92 Å². The molecule has 1 radical (unpaired) electrons. The Morgan fingerprint density at radius 2 is 2.00 bits per heavy atom. The van der Waals surface area contributed by atoms with E-state index in [1.807, 2.05) is 0 Å². The Hall–Kier alpha value is -0.530. The normalized spacial score (nSPS) is 21.3. The van der Waals surface area contributed by atoms with E-state index >= 15 is 0 Å². The Morgan fingerprint density at radius 1 is 1.38 bits per heavy atom. The van der Waals surface area contributed by atoms with Gasteiger partial charge >= 0.3 is 0 Å². The first-order valence-corrected chi connectivity index (χ1v) is 5.51. The molecule has 1 amide bonds. The minimum atomic E-state index is -0.325. The molecule has 13 heavy (non-hydrogen) atoms. The summed E-state index contributed by atoms with van der Waals surface area (Å²) in [7, 11) is 0. The fourth-order valence-electron chi connectivity index (χ4n) is 2.43. The number of carbonyl (C=O) groups is 1. The van der Waals surface area contributed by atoms with Gasteiger partial charge in [0.25, 0.3) is 0 Å². The highest BCUT2D eigenvalue weighted by Gasteiger charge is 2.27. The molecule has 1 aliphatic rings. The number of amides is 1. The summed E-state index contributed by atoms with van der Waals surface area (Å²) >= 11 is 0. The van der Waals surface area contributed by atoms with Crippen LogP contribution in [0.25, 0.3) is 0 Å². The number of rotatable bonds is 4. The monoisotopic (exact) mass is 182 g/mol. The molecule has 1 rings (SSSR count). The Kier molecular flexibility index (Phi) is 4.26. The topological polar surface area (TPSA) is 40.9 Å². The Bertz CT molecular complexity index is 161. The van der Waals surface area contributed by atoms with E-state index in [-0.39, 0.29) is 11.8 Å². The van der Waals surface area contributed by atoms with Crippen LogP contribution in [0.5, 0.6) is 0 Å². The van der Waals surface area contributed by atoms with Gasteiger partial charge in [-0.1, -0.05) is 32.6 Å². The van der Waals surface area contributed by atoms with Crippen LogP contribution in [0.4, 0.5) is 0 Å². The van der Waals surface area contributed by atoms with E-state index in [2.05, 4.69) is 6.92 Å². The van der Waals surface area contributed by atoms with Crippen molar-refractivity contribution in [3.05, 3.63) is 0 Å². The Balaban J connectivity index is 2.46. The van der Waals surface area contributed by atoms with Crippen LogP contribution < -0.4 is 5.73 Å². The van der Waals surface area contributed by atoms with Gasteiger partial charge in [-0.25, -0.2) is 0 Å². The number of carbonyl (C=O) groups excluding carboxylic acids is 1. The lowest BCUT2D eigenvalue weighted by Crippen LogP contribution is -2.26. The molecule has 0 aromatic carbocycles. The predicted molar refractivity (Wildman–Crippen MR) is 53.1 cm³/mol. The van der Waals surface area contributed by atoms with Gasteiger partial charge in [0.15, 0.2) is 0 Å². The van der Waals surface area contributed by atoms with E-state index in [0.717, 1.165) is 12.8 Å². The van der Waals surface area contributed by atoms with Gasteiger partial charge in [0.05, 0.1) is 0 Å². The average Bonchev–Trinajstić information content (AvgIpc) is 2.15. The van der Waals surface area contributed by atoms with E-state index in [9.17, 15) is 4.79 Å². The van der Waals surface area contributed by atoms with Gasteiger partial charge in [0.2, 0.25) is 5.91 Å². The third-order valence-corrected chi connectivity index (χ3v) is 3.16. The first-order chi connectivity index (χ1) is 6.25. The van der Waals surface area contributed by atoms with Crippen molar-refractivity contribution in [1.82, 2.24) is 5.73 Å². The molecule has 2 nitrogen and oxygen atoms in total. The standard InChI is InChI=1S/C11H20NO/c1-2-6-10(11(12)13)9-7-4-3-5-8-9/h9-10,12H,2-8H2,1H3. The molecule has 1 aliphatic carbocycles. The quantitative estimate of drug-likeness (QED) is 0.659. The summed E-state index contributed by atoms with van der Waals surface area (Å²) in [6.45, 7) is 2.10. The summed E-state index contributed by atoms with van der Waals surface area (Å²) in [6.07, 6.45) is 8.15. The molecular formula is C11H20NO. The second kappa shape index (κ2) is 5.25. The zero-order valence-corrected chi connectivity index (χ0v) is 8.51. The van der Waals surface area contributed by atoms with Crippen LogP contribution in [0.15, 0.2) is 0 Å². The molecule has 0 heterocycles. The van der Waals surface area contributed by atoms with Crippen molar-refractivity contribution >= 4 is 5.91 Å². The van der Waals surface area contributed by atoms with Gasteiger partial charge < -0.3 is 0 Å². The largest absolute Gasteiger partial charge is 0.273 e. The van der Waals surface area contributed by atoms with E-state index in [1.54, 1.807) is 0 Å². The maximum Gasteiger partial charge on any atom is 0.241 e. The molecule has 0 bridgehead atoms. The fourth-order valence-corrected chi connectivity index (χ4v) is 2.43. The third kappa shape index (κ3) is 3.02. The van der Waals surface area contributed by atoms with E-state index in [0.29, 0.717) is 5.92 Å². The Labute approximate surface area is 80.9 Å². The molecule has 0 saturated heterocycles. The lowest BCUT2D eigenvalue weighted by atomic mass is 9.78. The van der Waals surface area contributed by atoms with Crippen molar-refractivity contribution in [2.24, 2.45) is 11.8 Å². The first-order valence-electron chi connectivity index (χ1n) is 5.51. The van der Waals surface area contributed by atoms with E-state index in [4.69, 9.17) is 5.73 Å². The molecule has 75 valence electrons. The number of nitrogens with one attached hydrogen (secondary N) is 1. The van der Waals surface area contributed by atoms with Crippen LogP contribution in [0.3, 0.4) is 0 Å². The predicted octanol–water partition coefficient (Wildman–Crippen LogP) is 2.79. The van der Waals surface area contributed by atoms with Gasteiger partial charge in [0.1, 0.15) is 0 Å². The van der Waals surface area contributed by atoms with Crippen molar-refractivity contribution in [3.8, 4) is 0 Å². The minimum absolute atomic E-state index is 0.0466. The van der Waals surface area contributed by atoms with Crippen LogP contribution in [-0.2, 0) is 4.79 Å². The van der Waals surface area contributed by atoms with Crippen LogP contribution in [0.2, 0.25) is 0 Å². The summed E-state index contributed by atoms with van der Waals surface area (Å²) in [5.74, 6) is 0.248. The molecular weight excluding hydrogens is 162 g/mol. The van der Waals surface area contributed by atoms with Gasteiger partial charge in [-0.05, 0) is 25.2 Å². The van der Waals surface area contributed by atoms with Gasteiger partial charge in [-0.2, -0.15) is 0 Å². The second-order valence-corrected chi connectivity index (χ2v) is 4.16. The van der Waals surface area contributed by atoms with E-state index < -0.39 is 0 Å². The number of hydrogen-bond acceptors (Lipinski definition) is 1. The second-order valence-electron chi connectivity index (χ2n) is 4.16. The van der Waals surface area contributed by atoms with Gasteiger partial charge in [-0.3, -0.25) is 10.5 Å². The smallest absolute Gasteiger partial charge is 0.241 e. The maximum absolute atomic E-state index is 11.1. The minimum Gasteiger partial charge on any atom is -0.273 e. The average molecular weight is 182 g/mol. The van der Waals surface area contributed by atoms with Crippen molar-refractivity contribution < 1.29 is 4.79 Å². The van der Waals surface area contributed by atoms with E-state index in [1.165, 1.54) is 32.1 Å². The summed E-state index contributed by atoms with van der Waals surface area (Å²) < 4.78 is 0.